The number of nitrogens with one attached hydrogen (secondary N) is 2. The highest BCUT2D eigenvalue weighted by Crippen LogP contribution is 2.29. The van der Waals surface area contributed by atoms with Crippen LogP contribution in [-0.2, 0) is 40.3 Å². The van der Waals surface area contributed by atoms with Gasteiger partial charge in [0, 0.05) is 0 Å². The Balaban J connectivity index is 1.24. The van der Waals surface area contributed by atoms with Crippen LogP contribution in [0.25, 0.3) is 34.4 Å². The van der Waals surface area contributed by atoms with Gasteiger partial charge in [0.2, 0.25) is 0 Å². The molecule has 0 saturated carbocycles. The van der Waals surface area contributed by atoms with Crippen LogP contribution in [0.1, 0.15) is 11.1 Å². The average Bonchev–Trinajstić information content (AvgIpc) is 3.14. The normalized spacial score (nSPS) is 12.4. The molecular weight excluding hydrogens is 773 g/mol. The monoisotopic (exact) mass is 802 g/mol. The third-order valence-electron chi connectivity index (χ3n) is 8.07. The fraction of sp³-hybridized carbons (Fsp3) is 0. The molecule has 4 N–H and O–H groups in total. The van der Waals surface area contributed by atoms with Crippen molar-refractivity contribution in [2.75, 3.05) is 9.44 Å². The maximum absolute atomic E-state index is 13.1. The summed E-state index contributed by atoms with van der Waals surface area (Å²) in [5.74, 6) is 0. The van der Waals surface area contributed by atoms with E-state index >= 15 is 0 Å². The Kier molecular flexibility index (Phi) is 10.6. The first-order chi connectivity index (χ1) is 25.5. The maximum atomic E-state index is 13.1. The summed E-state index contributed by atoms with van der Waals surface area (Å²) in [6, 6.07) is 37.2. The number of hydrogen-bond donors (Lipinski definition) is 4. The van der Waals surface area contributed by atoms with Crippen molar-refractivity contribution in [1.82, 2.24) is 0 Å². The lowest BCUT2D eigenvalue weighted by molar-refractivity contribution is 0.480. The van der Waals surface area contributed by atoms with Gasteiger partial charge in [0.15, 0.2) is 0 Å². The first-order valence-electron chi connectivity index (χ1n) is 15.8. The summed E-state index contributed by atoms with van der Waals surface area (Å²) >= 11 is 0. The van der Waals surface area contributed by atoms with E-state index in [-0.39, 0.29) is 32.3 Å². The van der Waals surface area contributed by atoms with Crippen molar-refractivity contribution < 1.29 is 42.8 Å². The zero-order valence-electron chi connectivity index (χ0n) is 27.8. The first-order valence-corrected chi connectivity index (χ1v) is 21.6. The quantitative estimate of drug-likeness (QED) is 0.0720. The van der Waals surface area contributed by atoms with Crippen LogP contribution in [0.4, 0.5) is 11.4 Å². The summed E-state index contributed by atoms with van der Waals surface area (Å²) in [6.45, 7) is 0. The van der Waals surface area contributed by atoms with E-state index < -0.39 is 50.1 Å². The second kappa shape index (κ2) is 15.0. The van der Waals surface area contributed by atoms with Crippen LogP contribution < -0.4 is 9.44 Å². The van der Waals surface area contributed by atoms with Gasteiger partial charge in [0.1, 0.15) is 9.79 Å². The van der Waals surface area contributed by atoms with E-state index in [0.29, 0.717) is 0 Å². The molecule has 0 radical (unpaired) electrons. The molecular formula is C38H30N2O10S4. The number of hydrogen-bond acceptors (Lipinski definition) is 8. The van der Waals surface area contributed by atoms with Gasteiger partial charge in [-0.1, -0.05) is 109 Å². The minimum Gasteiger partial charge on any atom is -0.282 e. The molecule has 12 nitrogen and oxygen atoms in total. The number of anilines is 2. The lowest BCUT2D eigenvalue weighted by Crippen LogP contribution is -2.14. The van der Waals surface area contributed by atoms with E-state index in [1.54, 1.807) is 24.3 Å². The molecule has 0 bridgehead atoms. The SMILES string of the molecule is O=S(=O)(O)c1cc(NS(=O)(=O)c2ccc(-c3ccccc3)cc2)ccc1/C=C/c1ccc(NS(=O)(=O)c2ccc(-c3ccccc3)cc2)cc1S(=O)(=O)O. The Labute approximate surface area is 313 Å². The Bertz CT molecular complexity index is 2620. The van der Waals surface area contributed by atoms with Crippen LogP contribution in [0.15, 0.2) is 165 Å². The highest BCUT2D eigenvalue weighted by atomic mass is 32.2. The smallest absolute Gasteiger partial charge is 0.282 e. The summed E-state index contributed by atoms with van der Waals surface area (Å²) < 4.78 is 127. The molecule has 0 heterocycles. The fourth-order valence-corrected chi connectivity index (χ4v) is 8.96. The summed E-state index contributed by atoms with van der Waals surface area (Å²) in [5.41, 5.74) is 2.57. The third kappa shape index (κ3) is 8.94. The predicted octanol–water partition coefficient (Wildman–Crippen LogP) is 7.29. The largest absolute Gasteiger partial charge is 0.295 e. The highest BCUT2D eigenvalue weighted by Gasteiger charge is 2.21. The zero-order chi connectivity index (χ0) is 38.7. The van der Waals surface area contributed by atoms with Gasteiger partial charge in [-0.3, -0.25) is 18.5 Å². The Morgan fingerprint density at radius 2 is 0.704 bits per heavy atom. The van der Waals surface area contributed by atoms with Crippen LogP contribution in [0.2, 0.25) is 0 Å². The molecule has 0 amide bonds. The molecule has 0 aromatic heterocycles. The van der Waals surface area contributed by atoms with Crippen molar-refractivity contribution >= 4 is 63.8 Å². The molecule has 6 rings (SSSR count). The molecule has 6 aromatic rings. The molecule has 276 valence electrons. The van der Waals surface area contributed by atoms with Gasteiger partial charge in [-0.25, -0.2) is 16.8 Å². The first kappa shape index (κ1) is 38.1. The van der Waals surface area contributed by atoms with Crippen molar-refractivity contribution in [2.24, 2.45) is 0 Å². The lowest BCUT2D eigenvalue weighted by Gasteiger charge is -2.12. The zero-order valence-corrected chi connectivity index (χ0v) is 31.1. The molecule has 0 spiro atoms. The molecule has 0 aliphatic rings. The van der Waals surface area contributed by atoms with E-state index in [9.17, 15) is 42.8 Å². The van der Waals surface area contributed by atoms with Gasteiger partial charge in [0.05, 0.1) is 21.2 Å². The van der Waals surface area contributed by atoms with Gasteiger partial charge in [-0.15, -0.1) is 0 Å². The van der Waals surface area contributed by atoms with E-state index in [1.165, 1.54) is 48.5 Å². The van der Waals surface area contributed by atoms with Crippen LogP contribution in [0, 0.1) is 0 Å². The van der Waals surface area contributed by atoms with Gasteiger partial charge < -0.3 is 0 Å². The van der Waals surface area contributed by atoms with E-state index in [1.807, 2.05) is 60.7 Å². The summed E-state index contributed by atoms with van der Waals surface area (Å²) in [4.78, 5) is -1.64. The molecule has 16 heteroatoms. The fourth-order valence-electron chi connectivity index (χ4n) is 5.44. The summed E-state index contributed by atoms with van der Waals surface area (Å²) in [6.07, 6.45) is 2.23. The molecule has 0 fully saturated rings. The van der Waals surface area contributed by atoms with Crippen LogP contribution >= 0.6 is 0 Å². The van der Waals surface area contributed by atoms with Crippen molar-refractivity contribution in [3.05, 3.63) is 157 Å². The third-order valence-corrected chi connectivity index (χ3v) is 12.7. The van der Waals surface area contributed by atoms with Crippen LogP contribution in [-0.4, -0.2) is 42.8 Å². The van der Waals surface area contributed by atoms with Gasteiger partial charge in [-0.05, 0) is 81.9 Å². The highest BCUT2D eigenvalue weighted by molar-refractivity contribution is 7.93. The van der Waals surface area contributed by atoms with Crippen molar-refractivity contribution in [2.45, 2.75) is 19.6 Å². The molecule has 0 aliphatic heterocycles. The van der Waals surface area contributed by atoms with Gasteiger partial charge in [-0.2, -0.15) is 16.8 Å². The molecule has 0 saturated heterocycles. The Hall–Kier alpha value is -5.62. The molecule has 6 aromatic carbocycles. The minimum absolute atomic E-state index is 0.107. The second-order valence-electron chi connectivity index (χ2n) is 11.8. The summed E-state index contributed by atoms with van der Waals surface area (Å²) in [7, 11) is -18.3. The van der Waals surface area contributed by atoms with E-state index in [2.05, 4.69) is 9.44 Å². The molecule has 0 atom stereocenters. The molecule has 0 unspecified atom stereocenters. The number of benzene rings is 6. The second-order valence-corrected chi connectivity index (χ2v) is 17.9. The van der Waals surface area contributed by atoms with E-state index in [4.69, 9.17) is 0 Å². The molecule has 54 heavy (non-hydrogen) atoms. The average molecular weight is 803 g/mol. The molecule has 0 aliphatic carbocycles. The number of sulfonamides is 2. The van der Waals surface area contributed by atoms with Gasteiger partial charge >= 0.3 is 0 Å². The van der Waals surface area contributed by atoms with Crippen LogP contribution in [0.3, 0.4) is 0 Å². The van der Waals surface area contributed by atoms with Crippen molar-refractivity contribution in [3.63, 3.8) is 0 Å². The minimum atomic E-state index is -4.96. The standard InChI is InChI=1S/C38H30N2O10S4/c41-51(42,35-21-15-29(16-22-35)27-7-3-1-4-8-27)39-33-19-13-31(37(25-33)53(45,46)47)11-12-32-14-20-34(26-38(32)54(48,49)50)40-52(43,44)36-23-17-30(18-24-36)28-9-5-2-6-10-28/h1-26,39-40H,(H,45,46,47)(H,48,49,50)/b12-11+. The van der Waals surface area contributed by atoms with Crippen molar-refractivity contribution in [3.8, 4) is 22.3 Å². The number of rotatable bonds is 12. The van der Waals surface area contributed by atoms with Gasteiger partial charge in [0.25, 0.3) is 40.3 Å². The van der Waals surface area contributed by atoms with E-state index in [0.717, 1.165) is 46.5 Å². The lowest BCUT2D eigenvalue weighted by atomic mass is 10.1. The Morgan fingerprint density at radius 3 is 1.02 bits per heavy atom. The van der Waals surface area contributed by atoms with Crippen molar-refractivity contribution in [1.29, 1.82) is 0 Å². The predicted molar refractivity (Wildman–Crippen MR) is 207 cm³/mol. The maximum Gasteiger partial charge on any atom is 0.295 e. The Morgan fingerprint density at radius 1 is 0.389 bits per heavy atom. The summed E-state index contributed by atoms with van der Waals surface area (Å²) in [5, 5.41) is 0. The van der Waals surface area contributed by atoms with Crippen LogP contribution in [0.5, 0.6) is 0 Å². The topological polar surface area (TPSA) is 201 Å².